The van der Waals surface area contributed by atoms with Crippen LogP contribution in [-0.4, -0.2) is 37.2 Å². The van der Waals surface area contributed by atoms with Gasteiger partial charge >= 0.3 is 17.9 Å². The quantitative estimate of drug-likeness (QED) is 0.0261. The van der Waals surface area contributed by atoms with E-state index in [1.807, 2.05) is 0 Å². The third-order valence-corrected chi connectivity index (χ3v) is 13.8. The Morgan fingerprint density at radius 3 is 0.829 bits per heavy atom. The predicted octanol–water partition coefficient (Wildman–Crippen LogP) is 22.0. The minimum Gasteiger partial charge on any atom is -0.462 e. The van der Waals surface area contributed by atoms with Gasteiger partial charge in [0.1, 0.15) is 13.2 Å². The zero-order valence-electron chi connectivity index (χ0n) is 50.0. The molecule has 0 N–H and O–H groups in total. The van der Waals surface area contributed by atoms with Crippen LogP contribution in [0.4, 0.5) is 0 Å². The van der Waals surface area contributed by atoms with Crippen LogP contribution in [0.15, 0.2) is 97.2 Å². The molecule has 0 rings (SSSR count). The number of unbranched alkanes of at least 4 members (excludes halogenated alkanes) is 31. The van der Waals surface area contributed by atoms with Gasteiger partial charge in [0.05, 0.1) is 0 Å². The molecule has 0 spiro atoms. The number of esters is 3. The fourth-order valence-corrected chi connectivity index (χ4v) is 9.01. The highest BCUT2D eigenvalue weighted by Gasteiger charge is 2.19. The Balaban J connectivity index is 4.43. The van der Waals surface area contributed by atoms with Crippen molar-refractivity contribution in [2.75, 3.05) is 13.2 Å². The first-order valence-corrected chi connectivity index (χ1v) is 32.2. The summed E-state index contributed by atoms with van der Waals surface area (Å²) in [5, 5.41) is 0. The first-order chi connectivity index (χ1) is 37.5. The van der Waals surface area contributed by atoms with Gasteiger partial charge < -0.3 is 14.2 Å². The Morgan fingerprint density at radius 2 is 0.513 bits per heavy atom. The highest BCUT2D eigenvalue weighted by molar-refractivity contribution is 5.71. The minimum atomic E-state index is -0.794. The molecule has 0 aliphatic heterocycles. The first-order valence-electron chi connectivity index (χ1n) is 32.2. The van der Waals surface area contributed by atoms with E-state index in [-0.39, 0.29) is 31.1 Å². The van der Waals surface area contributed by atoms with Gasteiger partial charge in [-0.15, -0.1) is 0 Å². The normalized spacial score (nSPS) is 12.7. The molecule has 0 bridgehead atoms. The fourth-order valence-electron chi connectivity index (χ4n) is 9.01. The summed E-state index contributed by atoms with van der Waals surface area (Å²) in [6.45, 7) is 6.52. The van der Waals surface area contributed by atoms with Crippen molar-refractivity contribution in [2.45, 2.75) is 316 Å². The fraction of sp³-hybridized carbons (Fsp3) is 0.729. The van der Waals surface area contributed by atoms with Gasteiger partial charge in [-0.2, -0.15) is 0 Å². The van der Waals surface area contributed by atoms with Crippen molar-refractivity contribution in [2.24, 2.45) is 0 Å². The zero-order valence-corrected chi connectivity index (χ0v) is 50.0. The molecule has 0 amide bonds. The maximum Gasteiger partial charge on any atom is 0.306 e. The van der Waals surface area contributed by atoms with Crippen LogP contribution >= 0.6 is 0 Å². The van der Waals surface area contributed by atoms with Crippen LogP contribution in [0.5, 0.6) is 0 Å². The van der Waals surface area contributed by atoms with Crippen LogP contribution < -0.4 is 0 Å². The number of hydrogen-bond acceptors (Lipinski definition) is 6. The van der Waals surface area contributed by atoms with Crippen LogP contribution in [0, 0.1) is 0 Å². The Bertz CT molecular complexity index is 1490. The van der Waals surface area contributed by atoms with Crippen LogP contribution in [0.3, 0.4) is 0 Å². The molecule has 0 radical (unpaired) electrons. The third kappa shape index (κ3) is 61.2. The van der Waals surface area contributed by atoms with Crippen molar-refractivity contribution in [3.63, 3.8) is 0 Å². The Kier molecular flexibility index (Phi) is 60.8. The molecule has 0 fully saturated rings. The van der Waals surface area contributed by atoms with Crippen molar-refractivity contribution < 1.29 is 28.6 Å². The molecule has 0 aromatic rings. The van der Waals surface area contributed by atoms with Crippen molar-refractivity contribution in [3.8, 4) is 0 Å². The Hall–Kier alpha value is -3.67. The molecular weight excluding hydrogens is 937 g/mol. The largest absolute Gasteiger partial charge is 0.462 e. The van der Waals surface area contributed by atoms with Crippen LogP contribution in [0.1, 0.15) is 310 Å². The van der Waals surface area contributed by atoms with E-state index in [1.54, 1.807) is 0 Å². The van der Waals surface area contributed by atoms with Crippen molar-refractivity contribution in [3.05, 3.63) is 97.2 Å². The van der Waals surface area contributed by atoms with Gasteiger partial charge in [-0.05, 0) is 103 Å². The number of ether oxygens (including phenoxy) is 3. The summed E-state index contributed by atoms with van der Waals surface area (Å²) >= 11 is 0. The van der Waals surface area contributed by atoms with E-state index in [1.165, 1.54) is 161 Å². The minimum absolute atomic E-state index is 0.0875. The molecule has 0 heterocycles. The standard InChI is InChI=1S/C70H120O6/c1-4-7-10-13-16-19-22-25-28-30-32-33-34-35-36-37-38-40-42-45-48-51-54-57-60-63-69(72)75-66-67(65-74-68(71)62-59-56-53-50-47-44-41-27-24-21-18-15-12-9-6-3)76-70(73)64-61-58-55-52-49-46-43-39-31-29-26-23-20-17-14-11-8-5-2/h7,10,16,19,25,28-29,31-33,35-36,38,40,45,48,67H,4-6,8-9,11-15,17-18,20-24,26-27,30,34,37,39,41-44,46-47,49-66H2,1-3H3/b10-7-,19-16-,28-25-,31-29-,33-32-,36-35-,40-38-,48-45-. The van der Waals surface area contributed by atoms with Gasteiger partial charge in [0.25, 0.3) is 0 Å². The lowest BCUT2D eigenvalue weighted by Gasteiger charge is -2.18. The second kappa shape index (κ2) is 63.9. The van der Waals surface area contributed by atoms with E-state index in [0.717, 1.165) is 109 Å². The van der Waals surface area contributed by atoms with E-state index >= 15 is 0 Å². The summed E-state index contributed by atoms with van der Waals surface area (Å²) in [4.78, 5) is 38.3. The van der Waals surface area contributed by atoms with Gasteiger partial charge in [-0.1, -0.05) is 285 Å². The second-order valence-corrected chi connectivity index (χ2v) is 21.3. The highest BCUT2D eigenvalue weighted by atomic mass is 16.6. The lowest BCUT2D eigenvalue weighted by molar-refractivity contribution is -0.167. The number of carbonyl (C=O) groups excluding carboxylic acids is 3. The molecule has 0 saturated heterocycles. The molecule has 0 aromatic carbocycles. The zero-order chi connectivity index (χ0) is 55.0. The first kappa shape index (κ1) is 72.3. The molecule has 6 heteroatoms. The van der Waals surface area contributed by atoms with Gasteiger partial charge in [0, 0.05) is 19.3 Å². The van der Waals surface area contributed by atoms with E-state index in [2.05, 4.69) is 118 Å². The van der Waals surface area contributed by atoms with E-state index in [9.17, 15) is 14.4 Å². The van der Waals surface area contributed by atoms with Crippen molar-refractivity contribution in [1.29, 1.82) is 0 Å². The van der Waals surface area contributed by atoms with Gasteiger partial charge in [-0.25, -0.2) is 0 Å². The van der Waals surface area contributed by atoms with Crippen LogP contribution in [0.2, 0.25) is 0 Å². The molecule has 436 valence electrons. The molecule has 0 aromatic heterocycles. The molecule has 1 unspecified atom stereocenters. The van der Waals surface area contributed by atoms with Gasteiger partial charge in [-0.3, -0.25) is 14.4 Å². The van der Waals surface area contributed by atoms with Crippen LogP contribution in [-0.2, 0) is 28.6 Å². The lowest BCUT2D eigenvalue weighted by Crippen LogP contribution is -2.30. The number of hydrogen-bond donors (Lipinski definition) is 0. The average Bonchev–Trinajstić information content (AvgIpc) is 3.42. The Morgan fingerprint density at radius 1 is 0.276 bits per heavy atom. The van der Waals surface area contributed by atoms with E-state index < -0.39 is 6.10 Å². The summed E-state index contributed by atoms with van der Waals surface area (Å²) < 4.78 is 16.9. The smallest absolute Gasteiger partial charge is 0.306 e. The van der Waals surface area contributed by atoms with Gasteiger partial charge in [0.2, 0.25) is 0 Å². The summed E-state index contributed by atoms with van der Waals surface area (Å²) in [6.07, 6.45) is 85.5. The monoisotopic (exact) mass is 1060 g/mol. The van der Waals surface area contributed by atoms with E-state index in [0.29, 0.717) is 19.3 Å². The number of rotatable bonds is 58. The van der Waals surface area contributed by atoms with Gasteiger partial charge in [0.15, 0.2) is 6.10 Å². The molecule has 0 aliphatic carbocycles. The average molecular weight is 1060 g/mol. The Labute approximate surface area is 470 Å². The molecular formula is C70H120O6. The summed E-state index contributed by atoms with van der Waals surface area (Å²) in [5.41, 5.74) is 0. The second-order valence-electron chi connectivity index (χ2n) is 21.3. The molecule has 0 aliphatic rings. The summed E-state index contributed by atoms with van der Waals surface area (Å²) in [6, 6.07) is 0. The number of carbonyl (C=O) groups is 3. The number of allylic oxidation sites excluding steroid dienone is 16. The maximum absolute atomic E-state index is 12.9. The molecule has 6 nitrogen and oxygen atoms in total. The maximum atomic E-state index is 12.9. The molecule has 76 heavy (non-hydrogen) atoms. The van der Waals surface area contributed by atoms with Crippen LogP contribution in [0.25, 0.3) is 0 Å². The lowest BCUT2D eigenvalue weighted by atomic mass is 10.0. The van der Waals surface area contributed by atoms with Crippen molar-refractivity contribution >= 4 is 17.9 Å². The predicted molar refractivity (Wildman–Crippen MR) is 330 cm³/mol. The third-order valence-electron chi connectivity index (χ3n) is 13.8. The highest BCUT2D eigenvalue weighted by Crippen LogP contribution is 2.16. The topological polar surface area (TPSA) is 78.9 Å². The molecule has 0 saturated carbocycles. The van der Waals surface area contributed by atoms with Crippen molar-refractivity contribution in [1.82, 2.24) is 0 Å². The van der Waals surface area contributed by atoms with E-state index in [4.69, 9.17) is 14.2 Å². The SMILES string of the molecule is CC/C=C\C/C=C\C/C=C\C/C=C\C/C=C\C/C=C\C/C=C\CCCCCC(=O)OCC(COC(=O)CCCCCCCCCCCCCCCCC)OC(=O)CCCCCCCCC/C=C\CCCCCCCCC. The summed E-state index contributed by atoms with van der Waals surface area (Å²) in [5.74, 6) is -0.914. The molecule has 1 atom stereocenters. The summed E-state index contributed by atoms with van der Waals surface area (Å²) in [7, 11) is 0.